The van der Waals surface area contributed by atoms with Crippen LogP contribution in [0.25, 0.3) is 11.1 Å². The van der Waals surface area contributed by atoms with Gasteiger partial charge in [-0.05, 0) is 60.8 Å². The number of piperidine rings is 2. The second-order valence-electron chi connectivity index (χ2n) is 10.6. The molecule has 2 aromatic rings. The SMILES string of the molecule is C[N+]1(NC(=O)Cc2ccc(-c3ccc(CC(=O)N[N+]4(C)CCCCC4)cc3)cc2)CCCCC1. The first-order valence-corrected chi connectivity index (χ1v) is 12.8. The summed E-state index contributed by atoms with van der Waals surface area (Å²) in [6.07, 6.45) is 8.03. The fraction of sp³-hybridized carbons (Fsp3) is 0.500. The monoisotopic (exact) mass is 464 g/mol. The zero-order chi connectivity index (χ0) is 24.0. The van der Waals surface area contributed by atoms with E-state index in [9.17, 15) is 9.59 Å². The number of carbonyl (C=O) groups excluding carboxylic acids is 2. The number of amides is 2. The van der Waals surface area contributed by atoms with E-state index in [1.807, 2.05) is 24.3 Å². The van der Waals surface area contributed by atoms with Gasteiger partial charge in [-0.3, -0.25) is 9.59 Å². The maximum atomic E-state index is 12.6. The Morgan fingerprint density at radius 3 is 1.24 bits per heavy atom. The Kier molecular flexibility index (Phi) is 7.69. The van der Waals surface area contributed by atoms with Gasteiger partial charge in [-0.15, -0.1) is 0 Å². The van der Waals surface area contributed by atoms with Gasteiger partial charge in [0.05, 0.1) is 26.9 Å². The third kappa shape index (κ3) is 6.67. The van der Waals surface area contributed by atoms with Crippen molar-refractivity contribution in [1.82, 2.24) is 10.9 Å². The van der Waals surface area contributed by atoms with Crippen LogP contribution in [0.15, 0.2) is 48.5 Å². The molecule has 34 heavy (non-hydrogen) atoms. The molecule has 2 saturated heterocycles. The molecule has 2 amide bonds. The predicted octanol–water partition coefficient (Wildman–Crippen LogP) is 3.76. The molecule has 0 radical (unpaired) electrons. The van der Waals surface area contributed by atoms with E-state index in [0.717, 1.165) is 48.4 Å². The van der Waals surface area contributed by atoms with E-state index in [1.165, 1.54) is 38.5 Å². The molecule has 0 spiro atoms. The zero-order valence-electron chi connectivity index (χ0n) is 20.8. The van der Waals surface area contributed by atoms with Crippen LogP contribution < -0.4 is 10.9 Å². The summed E-state index contributed by atoms with van der Waals surface area (Å²) in [6, 6.07) is 16.4. The van der Waals surface area contributed by atoms with Gasteiger partial charge in [0.15, 0.2) is 0 Å². The maximum absolute atomic E-state index is 12.6. The van der Waals surface area contributed by atoms with Gasteiger partial charge in [-0.1, -0.05) is 48.5 Å². The minimum absolute atomic E-state index is 0.0838. The number of likely N-dealkylation sites (tertiary alicyclic amines) is 2. The van der Waals surface area contributed by atoms with Gasteiger partial charge in [0, 0.05) is 0 Å². The summed E-state index contributed by atoms with van der Waals surface area (Å²) in [6.45, 7) is 4.06. The molecule has 2 aliphatic rings. The van der Waals surface area contributed by atoms with Crippen LogP contribution in [-0.2, 0) is 22.4 Å². The number of carbonyl (C=O) groups is 2. The van der Waals surface area contributed by atoms with Crippen LogP contribution in [0.2, 0.25) is 0 Å². The van der Waals surface area contributed by atoms with Crippen molar-refractivity contribution in [3.8, 4) is 11.1 Å². The number of benzene rings is 2. The van der Waals surface area contributed by atoms with Crippen molar-refractivity contribution in [2.24, 2.45) is 0 Å². The Labute approximate surface area is 204 Å². The second-order valence-corrected chi connectivity index (χ2v) is 10.6. The molecular weight excluding hydrogens is 424 g/mol. The van der Waals surface area contributed by atoms with E-state index in [1.54, 1.807) is 0 Å². The van der Waals surface area contributed by atoms with Crippen molar-refractivity contribution in [3.63, 3.8) is 0 Å². The second kappa shape index (κ2) is 10.7. The summed E-state index contributed by atoms with van der Waals surface area (Å²) in [5, 5.41) is 0. The average Bonchev–Trinajstić information content (AvgIpc) is 2.80. The summed E-state index contributed by atoms with van der Waals surface area (Å²) in [7, 11) is 4.23. The van der Waals surface area contributed by atoms with Crippen LogP contribution >= 0.6 is 0 Å². The molecule has 6 heteroatoms. The molecule has 0 bridgehead atoms. The quantitative estimate of drug-likeness (QED) is 0.613. The molecule has 0 saturated carbocycles. The third-order valence-electron chi connectivity index (χ3n) is 7.37. The molecule has 2 aliphatic heterocycles. The summed E-state index contributed by atoms with van der Waals surface area (Å²) in [5.74, 6) is 0.168. The average molecular weight is 465 g/mol. The van der Waals surface area contributed by atoms with Crippen LogP contribution in [0.4, 0.5) is 0 Å². The van der Waals surface area contributed by atoms with Crippen LogP contribution in [0.5, 0.6) is 0 Å². The van der Waals surface area contributed by atoms with Gasteiger partial charge in [-0.25, -0.2) is 20.0 Å². The molecule has 4 rings (SSSR count). The predicted molar refractivity (Wildman–Crippen MR) is 135 cm³/mol. The molecule has 0 atom stereocenters. The number of nitrogens with zero attached hydrogens (tertiary/aromatic N) is 2. The Bertz CT molecular complexity index is 891. The number of nitrogens with one attached hydrogen (secondary N) is 2. The van der Waals surface area contributed by atoms with Crippen LogP contribution in [0.3, 0.4) is 0 Å². The summed E-state index contributed by atoms with van der Waals surface area (Å²) < 4.78 is 1.30. The highest BCUT2D eigenvalue weighted by Crippen LogP contribution is 2.21. The van der Waals surface area contributed by atoms with E-state index in [2.05, 4.69) is 49.2 Å². The molecule has 0 aliphatic carbocycles. The largest absolute Gasteiger partial charge is 0.270 e. The Morgan fingerprint density at radius 2 is 0.912 bits per heavy atom. The van der Waals surface area contributed by atoms with Gasteiger partial charge in [-0.2, -0.15) is 0 Å². The third-order valence-corrected chi connectivity index (χ3v) is 7.37. The van der Waals surface area contributed by atoms with Crippen molar-refractivity contribution in [2.45, 2.75) is 51.4 Å². The fourth-order valence-corrected chi connectivity index (χ4v) is 5.33. The van der Waals surface area contributed by atoms with Gasteiger partial charge < -0.3 is 0 Å². The van der Waals surface area contributed by atoms with Gasteiger partial charge in [0.2, 0.25) is 0 Å². The lowest BCUT2D eigenvalue weighted by molar-refractivity contribution is -0.947. The molecule has 2 heterocycles. The van der Waals surface area contributed by atoms with E-state index < -0.39 is 0 Å². The van der Waals surface area contributed by atoms with E-state index >= 15 is 0 Å². The molecule has 0 unspecified atom stereocenters. The standard InChI is InChI=1S/C28H38N4O2/c1-31(17-5-3-6-18-31)29-27(33)21-23-9-13-25(14-10-23)26-15-11-24(12-16-26)22-28(34)30-32(2)19-7-4-8-20-32/h9-16H,3-8,17-22H2,1-2H3/p+2. The minimum Gasteiger partial charge on any atom is -0.270 e. The van der Waals surface area contributed by atoms with Crippen molar-refractivity contribution < 1.29 is 18.8 Å². The lowest BCUT2D eigenvalue weighted by Gasteiger charge is -2.36. The molecule has 2 fully saturated rings. The van der Waals surface area contributed by atoms with Crippen LogP contribution in [0, 0.1) is 0 Å². The van der Waals surface area contributed by atoms with Gasteiger partial charge in [0.25, 0.3) is 11.8 Å². The normalized spacial score (nSPS) is 19.2. The first-order valence-electron chi connectivity index (χ1n) is 12.8. The van der Waals surface area contributed by atoms with E-state index in [0.29, 0.717) is 22.0 Å². The summed E-state index contributed by atoms with van der Waals surface area (Å²) >= 11 is 0. The van der Waals surface area contributed by atoms with Crippen molar-refractivity contribution >= 4 is 11.8 Å². The number of hydrogen-bond acceptors (Lipinski definition) is 2. The Morgan fingerprint density at radius 1 is 0.588 bits per heavy atom. The highest BCUT2D eigenvalue weighted by Gasteiger charge is 2.28. The van der Waals surface area contributed by atoms with E-state index in [4.69, 9.17) is 0 Å². The van der Waals surface area contributed by atoms with Crippen molar-refractivity contribution in [2.75, 3.05) is 40.3 Å². The van der Waals surface area contributed by atoms with Crippen molar-refractivity contribution in [3.05, 3.63) is 59.7 Å². The molecule has 182 valence electrons. The van der Waals surface area contributed by atoms with E-state index in [-0.39, 0.29) is 11.8 Å². The Balaban J connectivity index is 1.29. The highest BCUT2D eigenvalue weighted by atomic mass is 16.2. The minimum atomic E-state index is 0.0838. The van der Waals surface area contributed by atoms with Crippen LogP contribution in [-0.4, -0.2) is 61.3 Å². The lowest BCUT2D eigenvalue weighted by atomic mass is 10.0. The summed E-state index contributed by atoms with van der Waals surface area (Å²) in [5.41, 5.74) is 10.7. The lowest BCUT2D eigenvalue weighted by Crippen LogP contribution is -2.60. The fourth-order valence-electron chi connectivity index (χ4n) is 5.33. The molecule has 0 aromatic heterocycles. The molecule has 2 N–H and O–H groups in total. The molecule has 6 nitrogen and oxygen atoms in total. The topological polar surface area (TPSA) is 58.2 Å². The van der Waals surface area contributed by atoms with Crippen LogP contribution in [0.1, 0.15) is 49.7 Å². The Hall–Kier alpha value is -2.70. The zero-order valence-corrected chi connectivity index (χ0v) is 20.8. The maximum Gasteiger partial charge on any atom is 0.269 e. The smallest absolute Gasteiger partial charge is 0.269 e. The van der Waals surface area contributed by atoms with Gasteiger partial charge >= 0.3 is 0 Å². The van der Waals surface area contributed by atoms with Gasteiger partial charge in [0.1, 0.15) is 26.2 Å². The summed E-state index contributed by atoms with van der Waals surface area (Å²) in [4.78, 5) is 25.1. The molecular formula is C28H40N4O2+2. The number of quaternary nitrogens is 2. The first kappa shape index (κ1) is 24.4. The molecule has 2 aromatic carbocycles. The number of hydrogen-bond donors (Lipinski definition) is 2. The number of rotatable bonds is 7. The first-order chi connectivity index (χ1) is 16.3. The highest BCUT2D eigenvalue weighted by molar-refractivity contribution is 5.78. The van der Waals surface area contributed by atoms with Crippen molar-refractivity contribution in [1.29, 1.82) is 0 Å².